The van der Waals surface area contributed by atoms with Crippen molar-refractivity contribution in [1.82, 2.24) is 15.3 Å². The van der Waals surface area contributed by atoms with E-state index in [0.29, 0.717) is 24.1 Å². The number of ether oxygens (including phenoxy) is 1. The lowest BCUT2D eigenvalue weighted by molar-refractivity contribution is 0.0853. The second-order valence-electron chi connectivity index (χ2n) is 6.93. The molecule has 2 aromatic rings. The molecule has 1 saturated heterocycles. The predicted molar refractivity (Wildman–Crippen MR) is 102 cm³/mol. The molecule has 0 spiro atoms. The van der Waals surface area contributed by atoms with Crippen LogP contribution in [-0.2, 0) is 4.74 Å². The van der Waals surface area contributed by atoms with E-state index in [1.165, 1.54) is 5.56 Å². The number of nitrogens with one attached hydrogen (secondary N) is 2. The molecule has 0 radical (unpaired) electrons. The van der Waals surface area contributed by atoms with Crippen LogP contribution in [-0.4, -0.2) is 35.1 Å². The number of anilines is 2. The summed E-state index contributed by atoms with van der Waals surface area (Å²) < 4.78 is 5.53. The fourth-order valence-corrected chi connectivity index (χ4v) is 3.10. The van der Waals surface area contributed by atoms with Crippen molar-refractivity contribution in [2.75, 3.05) is 18.5 Å². The highest BCUT2D eigenvalue weighted by molar-refractivity contribution is 5.92. The molecule has 0 aliphatic carbocycles. The summed E-state index contributed by atoms with van der Waals surface area (Å²) in [5, 5.41) is 6.18. The van der Waals surface area contributed by atoms with Crippen molar-refractivity contribution < 1.29 is 9.53 Å². The summed E-state index contributed by atoms with van der Waals surface area (Å²) in [7, 11) is 0. The first kappa shape index (κ1) is 18.3. The van der Waals surface area contributed by atoms with Crippen LogP contribution in [0.4, 0.5) is 11.6 Å². The van der Waals surface area contributed by atoms with E-state index in [1.807, 2.05) is 19.1 Å². The number of amides is 1. The minimum absolute atomic E-state index is 0.110. The summed E-state index contributed by atoms with van der Waals surface area (Å²) in [5.74, 6) is 0.584. The minimum atomic E-state index is -0.209. The third kappa shape index (κ3) is 4.38. The average Bonchev–Trinajstić information content (AvgIpc) is 3.15. The molecule has 6 nitrogen and oxygen atoms in total. The number of aromatic nitrogens is 2. The van der Waals surface area contributed by atoms with Crippen LogP contribution >= 0.6 is 0 Å². The molecule has 26 heavy (non-hydrogen) atoms. The molecule has 1 aliphatic rings. The number of hydrogen-bond donors (Lipinski definition) is 2. The van der Waals surface area contributed by atoms with Crippen LogP contribution in [0.3, 0.4) is 0 Å². The molecule has 0 saturated carbocycles. The SMILES string of the molecule is Cc1cccc(C(C)C)c1Nc1nccc(C(=O)NCC2CCCO2)n1. The molecule has 1 amide bonds. The minimum Gasteiger partial charge on any atom is -0.376 e. The van der Waals surface area contributed by atoms with Crippen LogP contribution in [0.2, 0.25) is 0 Å². The molecular weight excluding hydrogens is 328 g/mol. The van der Waals surface area contributed by atoms with Crippen molar-refractivity contribution >= 4 is 17.5 Å². The van der Waals surface area contributed by atoms with Gasteiger partial charge in [-0.2, -0.15) is 0 Å². The number of aryl methyl sites for hydroxylation is 1. The van der Waals surface area contributed by atoms with Crippen LogP contribution in [0.25, 0.3) is 0 Å². The monoisotopic (exact) mass is 354 g/mol. The van der Waals surface area contributed by atoms with Gasteiger partial charge in [0.1, 0.15) is 5.69 Å². The van der Waals surface area contributed by atoms with Gasteiger partial charge in [-0.15, -0.1) is 0 Å². The van der Waals surface area contributed by atoms with E-state index in [-0.39, 0.29) is 12.0 Å². The zero-order chi connectivity index (χ0) is 18.5. The summed E-state index contributed by atoms with van der Waals surface area (Å²) in [5.41, 5.74) is 3.66. The molecule has 1 aromatic carbocycles. The zero-order valence-corrected chi connectivity index (χ0v) is 15.6. The molecule has 3 rings (SSSR count). The lowest BCUT2D eigenvalue weighted by Crippen LogP contribution is -2.32. The summed E-state index contributed by atoms with van der Waals surface area (Å²) >= 11 is 0. The smallest absolute Gasteiger partial charge is 0.270 e. The molecule has 2 heterocycles. The average molecular weight is 354 g/mol. The molecule has 1 atom stereocenters. The number of rotatable bonds is 6. The highest BCUT2D eigenvalue weighted by atomic mass is 16.5. The Bertz CT molecular complexity index is 770. The number of hydrogen-bond acceptors (Lipinski definition) is 5. The van der Waals surface area contributed by atoms with Gasteiger partial charge in [-0.25, -0.2) is 9.97 Å². The molecular formula is C20H26N4O2. The first-order chi connectivity index (χ1) is 12.5. The Kier molecular flexibility index (Phi) is 5.83. The van der Waals surface area contributed by atoms with E-state index in [1.54, 1.807) is 12.3 Å². The molecule has 1 fully saturated rings. The second-order valence-corrected chi connectivity index (χ2v) is 6.93. The fourth-order valence-electron chi connectivity index (χ4n) is 3.10. The number of nitrogens with zero attached hydrogens (tertiary/aromatic N) is 2. The number of carbonyl (C=O) groups is 1. The maximum absolute atomic E-state index is 12.4. The lowest BCUT2D eigenvalue weighted by atomic mass is 9.98. The summed E-state index contributed by atoms with van der Waals surface area (Å²) in [6.07, 6.45) is 3.75. The Morgan fingerprint density at radius 2 is 2.19 bits per heavy atom. The van der Waals surface area contributed by atoms with E-state index >= 15 is 0 Å². The fraction of sp³-hybridized carbons (Fsp3) is 0.450. The van der Waals surface area contributed by atoms with Gasteiger partial charge in [-0.3, -0.25) is 4.79 Å². The van der Waals surface area contributed by atoms with Gasteiger partial charge in [-0.1, -0.05) is 32.0 Å². The third-order valence-electron chi connectivity index (χ3n) is 4.57. The first-order valence-electron chi connectivity index (χ1n) is 9.14. The molecule has 0 bridgehead atoms. The second kappa shape index (κ2) is 8.27. The molecule has 6 heteroatoms. The van der Waals surface area contributed by atoms with E-state index in [4.69, 9.17) is 4.74 Å². The van der Waals surface area contributed by atoms with Crippen LogP contribution in [0.15, 0.2) is 30.5 Å². The lowest BCUT2D eigenvalue weighted by Gasteiger charge is -2.16. The van der Waals surface area contributed by atoms with Crippen molar-refractivity contribution in [3.05, 3.63) is 47.3 Å². The Labute approximate surface area is 154 Å². The van der Waals surface area contributed by atoms with Gasteiger partial charge >= 0.3 is 0 Å². The summed E-state index contributed by atoms with van der Waals surface area (Å²) in [6, 6.07) is 7.81. The van der Waals surface area contributed by atoms with E-state index in [9.17, 15) is 4.79 Å². The third-order valence-corrected chi connectivity index (χ3v) is 4.57. The highest BCUT2D eigenvalue weighted by Crippen LogP contribution is 2.29. The normalized spacial score (nSPS) is 16.7. The van der Waals surface area contributed by atoms with Crippen LogP contribution in [0.1, 0.15) is 54.2 Å². The molecule has 138 valence electrons. The molecule has 1 unspecified atom stereocenters. The van der Waals surface area contributed by atoms with Crippen molar-refractivity contribution in [2.45, 2.75) is 45.6 Å². The largest absolute Gasteiger partial charge is 0.376 e. The number of para-hydroxylation sites is 1. The Hall–Kier alpha value is -2.47. The van der Waals surface area contributed by atoms with Gasteiger partial charge in [-0.05, 0) is 42.9 Å². The van der Waals surface area contributed by atoms with Crippen LogP contribution in [0, 0.1) is 6.92 Å². The van der Waals surface area contributed by atoms with Gasteiger partial charge in [0.05, 0.1) is 6.10 Å². The Morgan fingerprint density at radius 1 is 1.35 bits per heavy atom. The van der Waals surface area contributed by atoms with Crippen molar-refractivity contribution in [3.8, 4) is 0 Å². The summed E-state index contributed by atoms with van der Waals surface area (Å²) in [4.78, 5) is 21.0. The van der Waals surface area contributed by atoms with Gasteiger partial charge in [0.25, 0.3) is 5.91 Å². The van der Waals surface area contributed by atoms with Crippen LogP contribution in [0.5, 0.6) is 0 Å². The van der Waals surface area contributed by atoms with Crippen molar-refractivity contribution in [1.29, 1.82) is 0 Å². The molecule has 2 N–H and O–H groups in total. The maximum Gasteiger partial charge on any atom is 0.270 e. The topological polar surface area (TPSA) is 76.1 Å². The van der Waals surface area contributed by atoms with Crippen molar-refractivity contribution in [3.63, 3.8) is 0 Å². The van der Waals surface area contributed by atoms with Gasteiger partial charge < -0.3 is 15.4 Å². The highest BCUT2D eigenvalue weighted by Gasteiger charge is 2.18. The standard InChI is InChI=1S/C20H26N4O2/c1-13(2)16-8-4-6-14(3)18(16)24-20-21-10-9-17(23-20)19(25)22-12-15-7-5-11-26-15/h4,6,8-10,13,15H,5,7,11-12H2,1-3H3,(H,22,25)(H,21,23,24). The Balaban J connectivity index is 1.72. The Morgan fingerprint density at radius 3 is 2.92 bits per heavy atom. The molecule has 1 aliphatic heterocycles. The number of carbonyl (C=O) groups excluding carboxylic acids is 1. The van der Waals surface area contributed by atoms with Crippen LogP contribution < -0.4 is 10.6 Å². The van der Waals surface area contributed by atoms with E-state index < -0.39 is 0 Å². The van der Waals surface area contributed by atoms with Gasteiger partial charge in [0.15, 0.2) is 0 Å². The first-order valence-corrected chi connectivity index (χ1v) is 9.14. The number of benzene rings is 1. The van der Waals surface area contributed by atoms with Crippen molar-refractivity contribution in [2.24, 2.45) is 0 Å². The van der Waals surface area contributed by atoms with E-state index in [0.717, 1.165) is 30.7 Å². The van der Waals surface area contributed by atoms with Gasteiger partial charge in [0.2, 0.25) is 5.95 Å². The quantitative estimate of drug-likeness (QED) is 0.829. The maximum atomic E-state index is 12.4. The zero-order valence-electron chi connectivity index (χ0n) is 15.6. The van der Waals surface area contributed by atoms with E-state index in [2.05, 4.69) is 40.5 Å². The molecule has 1 aromatic heterocycles. The van der Waals surface area contributed by atoms with Gasteiger partial charge in [0, 0.05) is 25.0 Å². The summed E-state index contributed by atoms with van der Waals surface area (Å²) in [6.45, 7) is 7.63. The predicted octanol–water partition coefficient (Wildman–Crippen LogP) is 3.56.